The Labute approximate surface area is 95.8 Å². The first-order chi connectivity index (χ1) is 6.15. The number of anilines is 1. The predicted molar refractivity (Wildman–Crippen MR) is 64.4 cm³/mol. The second-order valence-corrected chi connectivity index (χ2v) is 3.91. The van der Waals surface area contributed by atoms with Crippen LogP contribution in [0.25, 0.3) is 0 Å². The number of benzene rings is 1. The van der Waals surface area contributed by atoms with Gasteiger partial charge in [-0.25, -0.2) is 0 Å². The van der Waals surface area contributed by atoms with Crippen molar-refractivity contribution < 1.29 is 0 Å². The van der Waals surface area contributed by atoms with Crippen molar-refractivity contribution in [3.63, 3.8) is 0 Å². The Kier molecular flexibility index (Phi) is 3.96. The fraction of sp³-hybridized carbons (Fsp3) is 0.125. The summed E-state index contributed by atoms with van der Waals surface area (Å²) in [6.45, 7) is 0. The van der Waals surface area contributed by atoms with E-state index in [9.17, 15) is 0 Å². The van der Waals surface area contributed by atoms with Crippen molar-refractivity contribution in [1.82, 2.24) is 5.32 Å². The highest BCUT2D eigenvalue weighted by Crippen LogP contribution is 2.29. The molecule has 0 spiro atoms. The maximum atomic E-state index is 5.89. The summed E-state index contributed by atoms with van der Waals surface area (Å²) in [5.41, 5.74) is 0.854. The molecule has 0 heterocycles. The van der Waals surface area contributed by atoms with E-state index >= 15 is 0 Å². The molecule has 1 aromatic carbocycles. The molecule has 0 aromatic heterocycles. The van der Waals surface area contributed by atoms with Crippen LogP contribution in [0.15, 0.2) is 22.7 Å². The Morgan fingerprint density at radius 1 is 1.54 bits per heavy atom. The summed E-state index contributed by atoms with van der Waals surface area (Å²) in [6.07, 6.45) is 0. The summed E-state index contributed by atoms with van der Waals surface area (Å²) >= 11 is 14.2. The average molecular weight is 280 g/mol. The van der Waals surface area contributed by atoms with Crippen molar-refractivity contribution >= 4 is 50.5 Å². The molecule has 0 bridgehead atoms. The van der Waals surface area contributed by atoms with Gasteiger partial charge in [-0.2, -0.15) is 0 Å². The molecule has 0 aliphatic rings. The van der Waals surface area contributed by atoms with Gasteiger partial charge in [0.2, 0.25) is 0 Å². The van der Waals surface area contributed by atoms with Crippen molar-refractivity contribution in [3.8, 4) is 0 Å². The van der Waals surface area contributed by atoms with Crippen LogP contribution in [-0.4, -0.2) is 12.2 Å². The molecule has 0 atom stereocenters. The highest BCUT2D eigenvalue weighted by atomic mass is 79.9. The molecule has 0 fully saturated rings. The van der Waals surface area contributed by atoms with Crippen LogP contribution in [0.3, 0.4) is 0 Å². The standard InChI is InChI=1S/C8H8BrClN2S/c1-11-8(13)12-6-4-2-3-5(10)7(6)9/h2-4H,1H3,(H2,11,12,13). The summed E-state index contributed by atoms with van der Waals surface area (Å²) in [6, 6.07) is 5.55. The average Bonchev–Trinajstić information content (AvgIpc) is 2.13. The largest absolute Gasteiger partial charge is 0.366 e. The number of halogens is 2. The lowest BCUT2D eigenvalue weighted by atomic mass is 10.3. The third-order valence-electron chi connectivity index (χ3n) is 1.43. The Bertz CT molecular complexity index is 330. The van der Waals surface area contributed by atoms with E-state index in [2.05, 4.69) is 26.6 Å². The topological polar surface area (TPSA) is 24.1 Å². The minimum atomic E-state index is 0.558. The fourth-order valence-electron chi connectivity index (χ4n) is 0.785. The van der Waals surface area contributed by atoms with Gasteiger partial charge < -0.3 is 10.6 Å². The van der Waals surface area contributed by atoms with Gasteiger partial charge in [-0.3, -0.25) is 0 Å². The number of hydrogen-bond acceptors (Lipinski definition) is 1. The first-order valence-electron chi connectivity index (χ1n) is 3.58. The minimum absolute atomic E-state index is 0.558. The van der Waals surface area contributed by atoms with Gasteiger partial charge in [0.15, 0.2) is 5.11 Å². The normalized spacial score (nSPS) is 9.46. The molecule has 0 aliphatic carbocycles. The SMILES string of the molecule is CNC(=S)Nc1cccc(Cl)c1Br. The van der Waals surface area contributed by atoms with E-state index in [-0.39, 0.29) is 0 Å². The Hall–Kier alpha value is -0.320. The molecule has 1 aromatic rings. The summed E-state index contributed by atoms with van der Waals surface area (Å²) in [5, 5.41) is 7.02. The Morgan fingerprint density at radius 2 is 2.23 bits per heavy atom. The molecule has 1 rings (SSSR count). The van der Waals surface area contributed by atoms with Crippen molar-refractivity contribution in [2.45, 2.75) is 0 Å². The van der Waals surface area contributed by atoms with Crippen molar-refractivity contribution in [2.24, 2.45) is 0 Å². The maximum absolute atomic E-state index is 5.89. The molecule has 2 nitrogen and oxygen atoms in total. The molecular formula is C8H8BrClN2S. The molecule has 0 radical (unpaired) electrons. The van der Waals surface area contributed by atoms with E-state index in [1.165, 1.54) is 0 Å². The van der Waals surface area contributed by atoms with E-state index < -0.39 is 0 Å². The highest BCUT2D eigenvalue weighted by molar-refractivity contribution is 9.10. The van der Waals surface area contributed by atoms with Crippen molar-refractivity contribution in [2.75, 3.05) is 12.4 Å². The van der Waals surface area contributed by atoms with Crippen LogP contribution in [-0.2, 0) is 0 Å². The van der Waals surface area contributed by atoms with E-state index in [0.717, 1.165) is 10.2 Å². The number of rotatable bonds is 1. The van der Waals surface area contributed by atoms with E-state index in [1.54, 1.807) is 13.1 Å². The first-order valence-corrected chi connectivity index (χ1v) is 5.16. The lowest BCUT2D eigenvalue weighted by Gasteiger charge is -2.09. The van der Waals surface area contributed by atoms with Crippen LogP contribution >= 0.6 is 39.7 Å². The van der Waals surface area contributed by atoms with Crippen LogP contribution in [0.1, 0.15) is 0 Å². The van der Waals surface area contributed by atoms with Crippen molar-refractivity contribution in [3.05, 3.63) is 27.7 Å². The van der Waals surface area contributed by atoms with Gasteiger partial charge in [-0.1, -0.05) is 17.7 Å². The van der Waals surface area contributed by atoms with Gasteiger partial charge in [-0.05, 0) is 40.3 Å². The molecule has 0 aliphatic heterocycles. The van der Waals surface area contributed by atoms with Crippen LogP contribution < -0.4 is 10.6 Å². The fourth-order valence-corrected chi connectivity index (χ4v) is 1.43. The molecule has 0 unspecified atom stereocenters. The lowest BCUT2D eigenvalue weighted by Crippen LogP contribution is -2.24. The van der Waals surface area contributed by atoms with Crippen LogP contribution in [0.5, 0.6) is 0 Å². The molecule has 0 amide bonds. The van der Waals surface area contributed by atoms with Gasteiger partial charge in [-0.15, -0.1) is 0 Å². The van der Waals surface area contributed by atoms with Crippen LogP contribution in [0.2, 0.25) is 5.02 Å². The highest BCUT2D eigenvalue weighted by Gasteiger charge is 2.03. The Balaban J connectivity index is 2.89. The summed E-state index contributed by atoms with van der Waals surface area (Å²) < 4.78 is 0.814. The quantitative estimate of drug-likeness (QED) is 0.773. The number of hydrogen-bond donors (Lipinski definition) is 2. The third kappa shape index (κ3) is 2.83. The van der Waals surface area contributed by atoms with Gasteiger partial charge in [0.05, 0.1) is 15.2 Å². The van der Waals surface area contributed by atoms with Gasteiger partial charge in [0, 0.05) is 7.05 Å². The monoisotopic (exact) mass is 278 g/mol. The number of nitrogens with one attached hydrogen (secondary N) is 2. The molecule has 70 valence electrons. The maximum Gasteiger partial charge on any atom is 0.170 e. The zero-order chi connectivity index (χ0) is 9.84. The molecular weight excluding hydrogens is 272 g/mol. The first kappa shape index (κ1) is 10.8. The molecule has 2 N–H and O–H groups in total. The van der Waals surface area contributed by atoms with E-state index in [1.807, 2.05) is 12.1 Å². The summed E-state index contributed by atoms with van der Waals surface area (Å²) in [7, 11) is 1.76. The summed E-state index contributed by atoms with van der Waals surface area (Å²) in [4.78, 5) is 0. The summed E-state index contributed by atoms with van der Waals surface area (Å²) in [5.74, 6) is 0. The third-order valence-corrected chi connectivity index (χ3v) is 3.13. The lowest BCUT2D eigenvalue weighted by molar-refractivity contribution is 1.20. The minimum Gasteiger partial charge on any atom is -0.366 e. The van der Waals surface area contributed by atoms with Crippen molar-refractivity contribution in [1.29, 1.82) is 0 Å². The van der Waals surface area contributed by atoms with Gasteiger partial charge in [0.25, 0.3) is 0 Å². The van der Waals surface area contributed by atoms with Gasteiger partial charge >= 0.3 is 0 Å². The zero-order valence-corrected chi connectivity index (χ0v) is 10.1. The van der Waals surface area contributed by atoms with Crippen LogP contribution in [0, 0.1) is 0 Å². The van der Waals surface area contributed by atoms with Crippen LogP contribution in [0.4, 0.5) is 5.69 Å². The molecule has 0 saturated heterocycles. The molecule has 13 heavy (non-hydrogen) atoms. The molecule has 5 heteroatoms. The second-order valence-electron chi connectivity index (χ2n) is 2.31. The van der Waals surface area contributed by atoms with E-state index in [4.69, 9.17) is 23.8 Å². The predicted octanol–water partition coefficient (Wildman–Crippen LogP) is 3.02. The van der Waals surface area contributed by atoms with E-state index in [0.29, 0.717) is 10.1 Å². The van der Waals surface area contributed by atoms with Gasteiger partial charge in [0.1, 0.15) is 0 Å². The second kappa shape index (κ2) is 4.79. The zero-order valence-electron chi connectivity index (χ0n) is 6.90. The Morgan fingerprint density at radius 3 is 2.85 bits per heavy atom. The number of thiocarbonyl (C=S) groups is 1. The smallest absolute Gasteiger partial charge is 0.170 e. The molecule has 0 saturated carbocycles.